The van der Waals surface area contributed by atoms with E-state index in [9.17, 15) is 0 Å². The molecule has 0 aliphatic heterocycles. The third-order valence-corrected chi connectivity index (χ3v) is 2.25. The molecule has 0 saturated carbocycles. The van der Waals surface area contributed by atoms with Crippen molar-refractivity contribution >= 4 is 15.9 Å². The third kappa shape index (κ3) is 2.22. The van der Waals surface area contributed by atoms with Gasteiger partial charge in [-0.25, -0.2) is 0 Å². The van der Waals surface area contributed by atoms with E-state index in [0.717, 1.165) is 16.8 Å². The molecule has 66 valence electrons. The first kappa shape index (κ1) is 9.55. The molecule has 0 aliphatic carbocycles. The van der Waals surface area contributed by atoms with Crippen molar-refractivity contribution in [2.45, 2.75) is 6.54 Å². The number of hydrogen-bond donors (Lipinski definition) is 1. The minimum atomic E-state index is 0.865. The van der Waals surface area contributed by atoms with Crippen LogP contribution in [0.5, 0.6) is 5.75 Å². The highest BCUT2D eigenvalue weighted by atomic mass is 79.9. The monoisotopic (exact) mass is 229 g/mol. The zero-order valence-corrected chi connectivity index (χ0v) is 8.81. The molecule has 0 heterocycles. The molecule has 0 unspecified atom stereocenters. The van der Waals surface area contributed by atoms with Crippen LogP contribution in [0.1, 0.15) is 5.56 Å². The minimum Gasteiger partial charge on any atom is -0.496 e. The SMILES string of the molecule is CNCc1ccc(Br)c(OC)c1. The minimum absolute atomic E-state index is 0.865. The van der Waals surface area contributed by atoms with Gasteiger partial charge in [-0.1, -0.05) is 6.07 Å². The number of ether oxygens (including phenoxy) is 1. The van der Waals surface area contributed by atoms with E-state index in [-0.39, 0.29) is 0 Å². The molecule has 12 heavy (non-hydrogen) atoms. The van der Waals surface area contributed by atoms with Crippen LogP contribution in [0.25, 0.3) is 0 Å². The van der Waals surface area contributed by atoms with E-state index in [1.165, 1.54) is 5.56 Å². The van der Waals surface area contributed by atoms with Gasteiger partial charge in [0.2, 0.25) is 0 Å². The Bertz CT molecular complexity index is 263. The number of hydrogen-bond acceptors (Lipinski definition) is 2. The molecule has 0 aromatic heterocycles. The Hall–Kier alpha value is -0.540. The number of methoxy groups -OCH3 is 1. The summed E-state index contributed by atoms with van der Waals surface area (Å²) < 4.78 is 6.15. The number of rotatable bonds is 3. The maximum atomic E-state index is 5.16. The second kappa shape index (κ2) is 4.48. The maximum absolute atomic E-state index is 5.16. The van der Waals surface area contributed by atoms with Crippen LogP contribution in [0.3, 0.4) is 0 Å². The molecule has 0 radical (unpaired) electrons. The van der Waals surface area contributed by atoms with E-state index in [1.807, 2.05) is 19.2 Å². The van der Waals surface area contributed by atoms with Crippen molar-refractivity contribution in [2.75, 3.05) is 14.2 Å². The average Bonchev–Trinajstić information content (AvgIpc) is 2.09. The zero-order chi connectivity index (χ0) is 8.97. The van der Waals surface area contributed by atoms with E-state index >= 15 is 0 Å². The van der Waals surface area contributed by atoms with Gasteiger partial charge < -0.3 is 10.1 Å². The van der Waals surface area contributed by atoms with Gasteiger partial charge in [-0.05, 0) is 40.7 Å². The summed E-state index contributed by atoms with van der Waals surface area (Å²) in [4.78, 5) is 0. The van der Waals surface area contributed by atoms with Gasteiger partial charge in [-0.2, -0.15) is 0 Å². The molecule has 0 spiro atoms. The Morgan fingerprint density at radius 3 is 2.83 bits per heavy atom. The fraction of sp³-hybridized carbons (Fsp3) is 0.333. The number of nitrogens with one attached hydrogen (secondary N) is 1. The topological polar surface area (TPSA) is 21.3 Å². The van der Waals surface area contributed by atoms with Crippen molar-refractivity contribution in [2.24, 2.45) is 0 Å². The van der Waals surface area contributed by atoms with Crippen molar-refractivity contribution in [3.05, 3.63) is 28.2 Å². The molecule has 0 atom stereocenters. The second-order valence-electron chi connectivity index (χ2n) is 2.50. The first-order valence-electron chi connectivity index (χ1n) is 3.75. The molecule has 0 saturated heterocycles. The normalized spacial score (nSPS) is 9.92. The summed E-state index contributed by atoms with van der Waals surface area (Å²) in [6.07, 6.45) is 0. The predicted octanol–water partition coefficient (Wildman–Crippen LogP) is 2.18. The quantitative estimate of drug-likeness (QED) is 0.859. The van der Waals surface area contributed by atoms with Crippen molar-refractivity contribution < 1.29 is 4.74 Å². The van der Waals surface area contributed by atoms with E-state index in [1.54, 1.807) is 7.11 Å². The summed E-state index contributed by atoms with van der Waals surface area (Å²) in [7, 11) is 3.60. The molecule has 1 aromatic carbocycles. The first-order valence-corrected chi connectivity index (χ1v) is 4.54. The molecule has 0 amide bonds. The van der Waals surface area contributed by atoms with Gasteiger partial charge in [-0.3, -0.25) is 0 Å². The molecule has 0 bridgehead atoms. The molecule has 1 N–H and O–H groups in total. The van der Waals surface area contributed by atoms with Gasteiger partial charge in [0.1, 0.15) is 5.75 Å². The lowest BCUT2D eigenvalue weighted by Gasteiger charge is -2.05. The summed E-state index contributed by atoms with van der Waals surface area (Å²) in [5.41, 5.74) is 1.22. The van der Waals surface area contributed by atoms with E-state index < -0.39 is 0 Å². The summed E-state index contributed by atoms with van der Waals surface area (Å²) in [5, 5.41) is 3.08. The molecule has 0 fully saturated rings. The lowest BCUT2D eigenvalue weighted by atomic mass is 10.2. The summed E-state index contributed by atoms with van der Waals surface area (Å²) in [5.74, 6) is 0.878. The smallest absolute Gasteiger partial charge is 0.133 e. The van der Waals surface area contributed by atoms with Gasteiger partial charge in [0, 0.05) is 6.54 Å². The molecule has 1 rings (SSSR count). The van der Waals surface area contributed by atoms with Gasteiger partial charge in [0.15, 0.2) is 0 Å². The number of halogens is 1. The molecule has 3 heteroatoms. The van der Waals surface area contributed by atoms with Crippen molar-refractivity contribution in [1.29, 1.82) is 0 Å². The summed E-state index contributed by atoms with van der Waals surface area (Å²) >= 11 is 3.40. The summed E-state index contributed by atoms with van der Waals surface area (Å²) in [6.45, 7) is 0.865. The van der Waals surface area contributed by atoms with Crippen LogP contribution in [-0.2, 0) is 6.54 Å². The molecule has 1 aromatic rings. The van der Waals surface area contributed by atoms with Crippen molar-refractivity contribution in [3.8, 4) is 5.75 Å². The molecular weight excluding hydrogens is 218 g/mol. The highest BCUT2D eigenvalue weighted by Crippen LogP contribution is 2.25. The Kier molecular flexibility index (Phi) is 3.56. The average molecular weight is 230 g/mol. The van der Waals surface area contributed by atoms with Crippen LogP contribution in [0.2, 0.25) is 0 Å². The fourth-order valence-electron chi connectivity index (χ4n) is 1.02. The van der Waals surface area contributed by atoms with Gasteiger partial charge in [-0.15, -0.1) is 0 Å². The zero-order valence-electron chi connectivity index (χ0n) is 7.23. The predicted molar refractivity (Wildman–Crippen MR) is 53.5 cm³/mol. The maximum Gasteiger partial charge on any atom is 0.133 e. The Balaban J connectivity index is 2.89. The Morgan fingerprint density at radius 1 is 1.50 bits per heavy atom. The third-order valence-electron chi connectivity index (χ3n) is 1.60. The Labute approximate surface area is 81.1 Å². The molecular formula is C9H12BrNO. The highest BCUT2D eigenvalue weighted by Gasteiger charge is 1.99. The van der Waals surface area contributed by atoms with Crippen LogP contribution >= 0.6 is 15.9 Å². The van der Waals surface area contributed by atoms with E-state index in [2.05, 4.69) is 27.3 Å². The van der Waals surface area contributed by atoms with Crippen LogP contribution < -0.4 is 10.1 Å². The van der Waals surface area contributed by atoms with Gasteiger partial charge in [0.25, 0.3) is 0 Å². The highest BCUT2D eigenvalue weighted by molar-refractivity contribution is 9.10. The first-order chi connectivity index (χ1) is 5.77. The largest absolute Gasteiger partial charge is 0.496 e. The lowest BCUT2D eigenvalue weighted by Crippen LogP contribution is -2.04. The second-order valence-corrected chi connectivity index (χ2v) is 3.35. The fourth-order valence-corrected chi connectivity index (χ4v) is 1.43. The van der Waals surface area contributed by atoms with Gasteiger partial charge in [0.05, 0.1) is 11.6 Å². The van der Waals surface area contributed by atoms with Crippen LogP contribution in [-0.4, -0.2) is 14.2 Å². The lowest BCUT2D eigenvalue weighted by molar-refractivity contribution is 0.411. The molecule has 0 aliphatic rings. The van der Waals surface area contributed by atoms with Crippen LogP contribution in [0.4, 0.5) is 0 Å². The Morgan fingerprint density at radius 2 is 2.25 bits per heavy atom. The van der Waals surface area contributed by atoms with Crippen LogP contribution in [0, 0.1) is 0 Å². The van der Waals surface area contributed by atoms with E-state index in [4.69, 9.17) is 4.74 Å². The van der Waals surface area contributed by atoms with Crippen molar-refractivity contribution in [1.82, 2.24) is 5.32 Å². The standard InChI is InChI=1S/C9H12BrNO/c1-11-6-7-3-4-8(10)9(5-7)12-2/h3-5,11H,6H2,1-2H3. The van der Waals surface area contributed by atoms with E-state index in [0.29, 0.717) is 0 Å². The van der Waals surface area contributed by atoms with Crippen molar-refractivity contribution in [3.63, 3.8) is 0 Å². The number of benzene rings is 1. The van der Waals surface area contributed by atoms with Gasteiger partial charge >= 0.3 is 0 Å². The summed E-state index contributed by atoms with van der Waals surface area (Å²) in [6, 6.07) is 6.06. The molecule has 2 nitrogen and oxygen atoms in total. The van der Waals surface area contributed by atoms with Crippen LogP contribution in [0.15, 0.2) is 22.7 Å².